The lowest BCUT2D eigenvalue weighted by Gasteiger charge is -2.05. The zero-order valence-corrected chi connectivity index (χ0v) is 9.96. The molecule has 1 rings (SSSR count). The molecule has 1 N–H and O–H groups in total. The lowest BCUT2D eigenvalue weighted by atomic mass is 10.3. The van der Waals surface area contributed by atoms with Crippen LogP contribution in [0, 0.1) is 5.92 Å². The molecule has 0 aromatic carbocycles. The van der Waals surface area contributed by atoms with Gasteiger partial charge in [0.25, 0.3) is 0 Å². The van der Waals surface area contributed by atoms with E-state index in [1.54, 1.807) is 0 Å². The van der Waals surface area contributed by atoms with Gasteiger partial charge in [-0.2, -0.15) is 0 Å². The lowest BCUT2D eigenvalue weighted by molar-refractivity contribution is 0.126. The second kappa shape index (κ2) is 9.13. The summed E-state index contributed by atoms with van der Waals surface area (Å²) in [5, 5.41) is 3.34. The Balaban J connectivity index is 1.62. The van der Waals surface area contributed by atoms with Crippen molar-refractivity contribution in [2.45, 2.75) is 32.6 Å². The van der Waals surface area contributed by atoms with Crippen LogP contribution in [0.2, 0.25) is 0 Å². The summed E-state index contributed by atoms with van der Waals surface area (Å²) < 4.78 is 10.8. The first-order valence-corrected chi connectivity index (χ1v) is 6.29. The molecule has 0 atom stereocenters. The van der Waals surface area contributed by atoms with E-state index in [-0.39, 0.29) is 0 Å². The summed E-state index contributed by atoms with van der Waals surface area (Å²) in [5.74, 6) is 0.990. The molecule has 0 amide bonds. The largest absolute Gasteiger partial charge is 0.382 e. The quantitative estimate of drug-likeness (QED) is 0.533. The molecule has 0 saturated heterocycles. The molecule has 0 aliphatic heterocycles. The number of rotatable bonds is 11. The highest BCUT2D eigenvalue weighted by Gasteiger charge is 2.20. The Hall–Kier alpha value is -0.120. The van der Waals surface area contributed by atoms with Crippen LogP contribution in [0.15, 0.2) is 0 Å². The Morgan fingerprint density at radius 3 is 2.67 bits per heavy atom. The minimum Gasteiger partial charge on any atom is -0.382 e. The van der Waals surface area contributed by atoms with E-state index in [2.05, 4.69) is 5.32 Å². The average Bonchev–Trinajstić information content (AvgIpc) is 3.05. The molecule has 0 aromatic heterocycles. The van der Waals surface area contributed by atoms with Gasteiger partial charge in [0.05, 0.1) is 6.61 Å². The molecule has 3 heteroatoms. The molecule has 0 bridgehead atoms. The van der Waals surface area contributed by atoms with Gasteiger partial charge in [-0.3, -0.25) is 0 Å². The summed E-state index contributed by atoms with van der Waals surface area (Å²) in [6.07, 6.45) is 5.22. The van der Waals surface area contributed by atoms with Crippen molar-refractivity contribution < 1.29 is 9.47 Å². The molecule has 1 aliphatic carbocycles. The van der Waals surface area contributed by atoms with Crippen molar-refractivity contribution in [3.63, 3.8) is 0 Å². The molecule has 3 nitrogen and oxygen atoms in total. The fourth-order valence-electron chi connectivity index (χ4n) is 1.47. The summed E-state index contributed by atoms with van der Waals surface area (Å²) in [5.41, 5.74) is 0. The van der Waals surface area contributed by atoms with Crippen molar-refractivity contribution in [2.24, 2.45) is 5.92 Å². The first-order chi connectivity index (χ1) is 7.43. The van der Waals surface area contributed by atoms with Crippen LogP contribution in [-0.2, 0) is 9.47 Å². The van der Waals surface area contributed by atoms with Crippen LogP contribution in [0.25, 0.3) is 0 Å². The molecule has 0 heterocycles. The fourth-order valence-corrected chi connectivity index (χ4v) is 1.47. The van der Waals surface area contributed by atoms with E-state index < -0.39 is 0 Å². The summed E-state index contributed by atoms with van der Waals surface area (Å²) in [7, 11) is 0. The molecule has 0 radical (unpaired) electrons. The number of ether oxygens (including phenoxy) is 2. The maximum Gasteiger partial charge on any atom is 0.0590 e. The van der Waals surface area contributed by atoms with Gasteiger partial charge in [0.1, 0.15) is 0 Å². The lowest BCUT2D eigenvalue weighted by Crippen LogP contribution is -2.22. The van der Waals surface area contributed by atoms with E-state index in [0.717, 1.165) is 51.9 Å². The van der Waals surface area contributed by atoms with Gasteiger partial charge in [-0.25, -0.2) is 0 Å². The summed E-state index contributed by atoms with van der Waals surface area (Å²) in [6, 6.07) is 0. The second-order valence-corrected chi connectivity index (χ2v) is 4.14. The first kappa shape index (κ1) is 12.9. The maximum atomic E-state index is 5.52. The molecule has 0 spiro atoms. The van der Waals surface area contributed by atoms with Gasteiger partial charge in [0.15, 0.2) is 0 Å². The van der Waals surface area contributed by atoms with Crippen molar-refractivity contribution in [3.05, 3.63) is 0 Å². The zero-order valence-electron chi connectivity index (χ0n) is 9.96. The van der Waals surface area contributed by atoms with E-state index in [9.17, 15) is 0 Å². The normalized spacial score (nSPS) is 15.8. The Kier molecular flexibility index (Phi) is 7.88. The Morgan fingerprint density at radius 2 is 1.93 bits per heavy atom. The van der Waals surface area contributed by atoms with Gasteiger partial charge in [0, 0.05) is 26.4 Å². The highest BCUT2D eigenvalue weighted by Crippen LogP contribution is 2.31. The van der Waals surface area contributed by atoms with Crippen LogP contribution >= 0.6 is 0 Å². The molecule has 0 unspecified atom stereocenters. The van der Waals surface area contributed by atoms with E-state index in [4.69, 9.17) is 9.47 Å². The topological polar surface area (TPSA) is 30.5 Å². The van der Waals surface area contributed by atoms with E-state index >= 15 is 0 Å². The monoisotopic (exact) mass is 215 g/mol. The molecular formula is C12H25NO2. The Labute approximate surface area is 93.5 Å². The molecule has 1 saturated carbocycles. The van der Waals surface area contributed by atoms with Crippen molar-refractivity contribution in [1.82, 2.24) is 5.32 Å². The summed E-state index contributed by atoms with van der Waals surface area (Å²) in [6.45, 7) is 7.52. The first-order valence-electron chi connectivity index (χ1n) is 6.29. The van der Waals surface area contributed by atoms with E-state index in [1.165, 1.54) is 19.3 Å². The van der Waals surface area contributed by atoms with Gasteiger partial charge in [-0.05, 0) is 32.2 Å². The van der Waals surface area contributed by atoms with Crippen molar-refractivity contribution in [3.8, 4) is 0 Å². The fraction of sp³-hybridized carbons (Fsp3) is 1.00. The van der Waals surface area contributed by atoms with Crippen LogP contribution in [0.3, 0.4) is 0 Å². The highest BCUT2D eigenvalue weighted by atomic mass is 16.5. The van der Waals surface area contributed by atoms with Crippen LogP contribution in [-0.4, -0.2) is 39.5 Å². The minimum absolute atomic E-state index is 0.824. The number of hydrogen-bond acceptors (Lipinski definition) is 3. The van der Waals surface area contributed by atoms with Crippen LogP contribution < -0.4 is 5.32 Å². The minimum atomic E-state index is 0.824. The molecule has 15 heavy (non-hydrogen) atoms. The maximum absolute atomic E-state index is 5.52. The van der Waals surface area contributed by atoms with Gasteiger partial charge >= 0.3 is 0 Å². The van der Waals surface area contributed by atoms with Crippen LogP contribution in [0.5, 0.6) is 0 Å². The van der Waals surface area contributed by atoms with Gasteiger partial charge in [-0.15, -0.1) is 0 Å². The molecule has 1 fully saturated rings. The Bertz CT molecular complexity index is 138. The summed E-state index contributed by atoms with van der Waals surface area (Å²) >= 11 is 0. The number of nitrogens with one attached hydrogen (secondary N) is 1. The van der Waals surface area contributed by atoms with Crippen LogP contribution in [0.1, 0.15) is 32.6 Å². The van der Waals surface area contributed by atoms with E-state index in [1.807, 2.05) is 6.92 Å². The standard InChI is InChI=1S/C12H25NO2/c1-2-14-9-3-7-13-8-11-15-10-6-12-4-5-12/h12-13H,2-11H2,1H3. The highest BCUT2D eigenvalue weighted by molar-refractivity contribution is 4.72. The van der Waals surface area contributed by atoms with E-state index in [0.29, 0.717) is 0 Å². The third-order valence-corrected chi connectivity index (χ3v) is 2.64. The third-order valence-electron chi connectivity index (χ3n) is 2.64. The van der Waals surface area contributed by atoms with Crippen molar-refractivity contribution in [1.29, 1.82) is 0 Å². The predicted octanol–water partition coefficient (Wildman–Crippen LogP) is 1.82. The SMILES string of the molecule is CCOCCCNCCOCCC1CC1. The molecule has 90 valence electrons. The van der Waals surface area contributed by atoms with Gasteiger partial charge < -0.3 is 14.8 Å². The summed E-state index contributed by atoms with van der Waals surface area (Å²) in [4.78, 5) is 0. The Morgan fingerprint density at radius 1 is 1.07 bits per heavy atom. The van der Waals surface area contributed by atoms with Gasteiger partial charge in [-0.1, -0.05) is 12.8 Å². The zero-order chi connectivity index (χ0) is 10.8. The van der Waals surface area contributed by atoms with Crippen molar-refractivity contribution in [2.75, 3.05) is 39.5 Å². The molecule has 1 aliphatic rings. The second-order valence-electron chi connectivity index (χ2n) is 4.14. The molecular weight excluding hydrogens is 190 g/mol. The predicted molar refractivity (Wildman–Crippen MR) is 62.1 cm³/mol. The molecule has 0 aromatic rings. The average molecular weight is 215 g/mol. The number of hydrogen-bond donors (Lipinski definition) is 1. The smallest absolute Gasteiger partial charge is 0.0590 e. The van der Waals surface area contributed by atoms with Crippen molar-refractivity contribution >= 4 is 0 Å². The van der Waals surface area contributed by atoms with Crippen LogP contribution in [0.4, 0.5) is 0 Å². The van der Waals surface area contributed by atoms with Gasteiger partial charge in [0.2, 0.25) is 0 Å². The third kappa shape index (κ3) is 8.85.